The van der Waals surface area contributed by atoms with E-state index in [0.29, 0.717) is 53.5 Å². The third kappa shape index (κ3) is 6.63. The molecule has 10 nitrogen and oxygen atoms in total. The van der Waals surface area contributed by atoms with Gasteiger partial charge >= 0.3 is 12.2 Å². The van der Waals surface area contributed by atoms with Gasteiger partial charge in [0.25, 0.3) is 0 Å². The first-order chi connectivity index (χ1) is 18.1. The molecule has 1 fully saturated rings. The lowest BCUT2D eigenvalue weighted by Gasteiger charge is -2.45. The van der Waals surface area contributed by atoms with Crippen LogP contribution in [0.2, 0.25) is 0 Å². The van der Waals surface area contributed by atoms with E-state index in [9.17, 15) is 19.2 Å². The summed E-state index contributed by atoms with van der Waals surface area (Å²) < 4.78 is 17.2. The van der Waals surface area contributed by atoms with Gasteiger partial charge in [-0.3, -0.25) is 14.9 Å². The number of ketones is 2. The molecule has 1 N–H and O–H groups in total. The van der Waals surface area contributed by atoms with Crippen molar-refractivity contribution in [1.82, 2.24) is 10.2 Å². The van der Waals surface area contributed by atoms with Gasteiger partial charge in [-0.25, -0.2) is 9.59 Å². The fourth-order valence-corrected chi connectivity index (χ4v) is 5.75. The summed E-state index contributed by atoms with van der Waals surface area (Å²) in [5.74, 6) is -0.0539. The number of amides is 2. The topological polar surface area (TPSA) is 124 Å². The van der Waals surface area contributed by atoms with Crippen molar-refractivity contribution in [1.29, 1.82) is 0 Å². The van der Waals surface area contributed by atoms with Crippen LogP contribution in [0.15, 0.2) is 28.1 Å². The number of aliphatic imine (C=N–C) groups is 1. The minimum Gasteiger partial charge on any atom is -0.484 e. The van der Waals surface area contributed by atoms with Gasteiger partial charge < -0.3 is 19.1 Å². The average Bonchev–Trinajstić information content (AvgIpc) is 2.80. The number of ether oxygens (including phenoxy) is 3. The van der Waals surface area contributed by atoms with Crippen LogP contribution in [0.25, 0.3) is 5.76 Å². The van der Waals surface area contributed by atoms with Gasteiger partial charge in [-0.1, -0.05) is 17.7 Å². The summed E-state index contributed by atoms with van der Waals surface area (Å²) in [6.07, 6.45) is -0.501. The number of nitrogens with one attached hydrogen (secondary N) is 1. The number of Topliss-reactive ketones (excluding diaryl/α,β-unsaturated/α-hetero) is 2. The first-order valence-corrected chi connectivity index (χ1v) is 13.9. The smallest absolute Gasteiger partial charge is 0.437 e. The normalized spacial score (nSPS) is 19.3. The number of fused-ring (bicyclic) bond motifs is 2. The fraction of sp³-hybridized carbons (Fsp3) is 0.536. The summed E-state index contributed by atoms with van der Waals surface area (Å²) in [6.45, 7) is 13.1. The Morgan fingerprint density at radius 3 is 2.26 bits per heavy atom. The molecule has 0 saturated carbocycles. The number of likely N-dealkylation sites (tertiary alicyclic amines) is 1. The second-order valence-corrected chi connectivity index (χ2v) is 13.0. The van der Waals surface area contributed by atoms with Crippen molar-refractivity contribution in [3.8, 4) is 0 Å². The molecule has 1 saturated heterocycles. The Bertz CT molecular complexity index is 1280. The van der Waals surface area contributed by atoms with Crippen LogP contribution in [0.5, 0.6) is 0 Å². The largest absolute Gasteiger partial charge is 0.484 e. The van der Waals surface area contributed by atoms with Crippen molar-refractivity contribution in [2.24, 2.45) is 4.99 Å². The van der Waals surface area contributed by atoms with Crippen LogP contribution in [0.4, 0.5) is 9.59 Å². The van der Waals surface area contributed by atoms with Crippen LogP contribution < -0.4 is 5.32 Å². The molecule has 4 rings (SSSR count). The molecule has 0 bridgehead atoms. The van der Waals surface area contributed by atoms with E-state index < -0.39 is 40.6 Å². The first-order valence-electron chi connectivity index (χ1n) is 12.9. The van der Waals surface area contributed by atoms with Crippen LogP contribution >= 0.6 is 11.8 Å². The molecular weight excluding hydrogens is 522 g/mol. The van der Waals surface area contributed by atoms with E-state index in [4.69, 9.17) is 14.2 Å². The molecule has 0 unspecified atom stereocenters. The van der Waals surface area contributed by atoms with Crippen LogP contribution in [0.1, 0.15) is 75.9 Å². The fourth-order valence-electron chi connectivity index (χ4n) is 4.49. The number of guanidine groups is 1. The number of nitrogens with zero attached hydrogens (tertiary/aromatic N) is 2. The number of benzene rings is 1. The van der Waals surface area contributed by atoms with E-state index in [-0.39, 0.29) is 5.96 Å². The van der Waals surface area contributed by atoms with Gasteiger partial charge in [0, 0.05) is 42.8 Å². The Morgan fingerprint density at radius 2 is 1.64 bits per heavy atom. The number of allylic oxidation sites excluding steroid dienone is 1. The van der Waals surface area contributed by atoms with E-state index in [1.165, 1.54) is 11.8 Å². The van der Waals surface area contributed by atoms with E-state index >= 15 is 0 Å². The number of hydrogen-bond donors (Lipinski definition) is 1. The van der Waals surface area contributed by atoms with Gasteiger partial charge in [-0.15, -0.1) is 16.8 Å². The van der Waals surface area contributed by atoms with Gasteiger partial charge in [0.2, 0.25) is 17.5 Å². The second-order valence-electron chi connectivity index (χ2n) is 12.0. The number of carbonyl (C=O) groups excluding carboxylic acids is 4. The van der Waals surface area contributed by atoms with Crippen LogP contribution in [-0.2, 0) is 19.0 Å². The Hall–Kier alpha value is -3.34. The lowest BCUT2D eigenvalue weighted by molar-refractivity contribution is -0.111. The monoisotopic (exact) mass is 557 g/mol. The lowest BCUT2D eigenvalue weighted by Crippen LogP contribution is -2.54. The lowest BCUT2D eigenvalue weighted by atomic mass is 9.89. The molecule has 11 heteroatoms. The van der Waals surface area contributed by atoms with Crippen molar-refractivity contribution in [2.45, 2.75) is 78.1 Å². The molecule has 2 aliphatic heterocycles. The van der Waals surface area contributed by atoms with Crippen LogP contribution in [-0.4, -0.2) is 70.3 Å². The van der Waals surface area contributed by atoms with Crippen LogP contribution in [0.3, 0.4) is 0 Å². The summed E-state index contributed by atoms with van der Waals surface area (Å²) in [5.41, 5.74) is -0.198. The molecular formula is C28H35N3O7S. The predicted molar refractivity (Wildman–Crippen MR) is 148 cm³/mol. The highest BCUT2D eigenvalue weighted by Crippen LogP contribution is 2.47. The van der Waals surface area contributed by atoms with Crippen molar-refractivity contribution in [3.05, 3.63) is 39.8 Å². The van der Waals surface area contributed by atoms with E-state index in [2.05, 4.69) is 10.3 Å². The number of thioether (sulfide) groups is 1. The molecule has 1 aliphatic carbocycles. The second kappa shape index (κ2) is 10.3. The minimum atomic E-state index is -0.828. The maximum absolute atomic E-state index is 12.8. The number of rotatable bonds is 0. The molecule has 1 aromatic carbocycles. The zero-order valence-electron chi connectivity index (χ0n) is 23.4. The highest BCUT2D eigenvalue weighted by Gasteiger charge is 2.46. The highest BCUT2D eigenvalue weighted by atomic mass is 32.2. The van der Waals surface area contributed by atoms with Crippen molar-refractivity contribution < 1.29 is 33.4 Å². The Balaban J connectivity index is 1.54. The SMILES string of the molecule is Cc1ccc2c(c1)C(=O)C(=O)C1=C2OC2(CCN(/C(=N\C(=O)OC(C)(C)C)NC(=O)OC(C)(C)C)CC2)CS1. The number of hydrogen-bond acceptors (Lipinski definition) is 8. The van der Waals surface area contributed by atoms with Gasteiger partial charge in [-0.2, -0.15) is 0 Å². The number of aryl methyl sites for hydroxylation is 1. The predicted octanol–water partition coefficient (Wildman–Crippen LogP) is 4.84. The molecule has 0 atom stereocenters. The third-order valence-electron chi connectivity index (χ3n) is 6.26. The summed E-state index contributed by atoms with van der Waals surface area (Å²) >= 11 is 1.35. The van der Waals surface area contributed by atoms with Gasteiger partial charge in [0.1, 0.15) is 27.5 Å². The molecule has 2 amide bonds. The first kappa shape index (κ1) is 28.7. The van der Waals surface area contributed by atoms with Gasteiger partial charge in [0.05, 0.1) is 0 Å². The Labute approximate surface area is 232 Å². The summed E-state index contributed by atoms with van der Waals surface area (Å²) in [5, 5.41) is 2.60. The molecule has 1 aromatic rings. The highest BCUT2D eigenvalue weighted by molar-refractivity contribution is 8.04. The zero-order valence-corrected chi connectivity index (χ0v) is 24.2. The molecule has 2 heterocycles. The molecule has 3 aliphatic rings. The molecule has 1 spiro atoms. The number of carbonyl (C=O) groups is 4. The molecule has 39 heavy (non-hydrogen) atoms. The van der Waals surface area contributed by atoms with Gasteiger partial charge in [0.15, 0.2) is 0 Å². The van der Waals surface area contributed by atoms with E-state index in [1.807, 2.05) is 19.1 Å². The van der Waals surface area contributed by atoms with E-state index in [0.717, 1.165) is 5.56 Å². The number of piperidine rings is 1. The maximum atomic E-state index is 12.8. The Kier molecular flexibility index (Phi) is 7.59. The standard InChI is InChI=1S/C28H35N3O7S/c1-16-8-9-17-18(14-16)19(32)20(33)22-21(17)36-28(15-39-22)10-12-31(13-11-28)23(29-24(34)37-26(2,3)4)30-25(35)38-27(5,6)7/h8-9,14H,10-13,15H2,1-7H3,(H,29,30,34,35). The maximum Gasteiger partial charge on any atom is 0.437 e. The molecule has 0 aromatic heterocycles. The quantitative estimate of drug-likeness (QED) is 0.271. The van der Waals surface area contributed by atoms with Crippen molar-refractivity contribution in [2.75, 3.05) is 18.8 Å². The summed E-state index contributed by atoms with van der Waals surface area (Å²) in [6, 6.07) is 5.45. The third-order valence-corrected chi connectivity index (χ3v) is 7.59. The Morgan fingerprint density at radius 1 is 1.00 bits per heavy atom. The number of alkyl carbamates (subject to hydrolysis) is 1. The summed E-state index contributed by atoms with van der Waals surface area (Å²) in [7, 11) is 0. The summed E-state index contributed by atoms with van der Waals surface area (Å²) in [4.78, 5) is 56.7. The van der Waals surface area contributed by atoms with Crippen LogP contribution in [0, 0.1) is 6.92 Å². The molecule has 210 valence electrons. The minimum absolute atomic E-state index is 0.0379. The average molecular weight is 558 g/mol. The van der Waals surface area contributed by atoms with Gasteiger partial charge in [-0.05, 0) is 54.5 Å². The molecule has 0 radical (unpaired) electrons. The zero-order chi connectivity index (χ0) is 28.8. The van der Waals surface area contributed by atoms with E-state index in [1.54, 1.807) is 52.5 Å². The van der Waals surface area contributed by atoms with Crippen molar-refractivity contribution in [3.63, 3.8) is 0 Å². The van der Waals surface area contributed by atoms with Crippen molar-refractivity contribution >= 4 is 47.2 Å².